The summed E-state index contributed by atoms with van der Waals surface area (Å²) in [6.45, 7) is 7.54. The number of hydrogen-bond acceptors (Lipinski definition) is 2. The first kappa shape index (κ1) is 13.7. The third-order valence-electron chi connectivity index (χ3n) is 3.28. The highest BCUT2D eigenvalue weighted by molar-refractivity contribution is 5.29. The molecule has 1 unspecified atom stereocenters. The summed E-state index contributed by atoms with van der Waals surface area (Å²) < 4.78 is 15.8. The summed E-state index contributed by atoms with van der Waals surface area (Å²) in [6.07, 6.45) is 3.73. The van der Waals surface area contributed by atoms with Crippen molar-refractivity contribution in [1.29, 1.82) is 0 Å². The lowest BCUT2D eigenvalue weighted by atomic mass is 10.0. The second-order valence-corrected chi connectivity index (χ2v) is 4.57. The van der Waals surface area contributed by atoms with E-state index in [1.165, 1.54) is 0 Å². The lowest BCUT2D eigenvalue weighted by molar-refractivity contribution is 0.551. The molecule has 1 aromatic carbocycles. The maximum absolute atomic E-state index is 13.7. The number of hydrogen-bond donors (Lipinski definition) is 1. The third-order valence-corrected chi connectivity index (χ3v) is 3.28. The number of nitrogens with one attached hydrogen (secondary N) is 1. The normalized spacial score (nSPS) is 12.6. The Bertz CT molecular complexity index is 548. The number of nitrogens with zero attached hydrogens (tertiary/aromatic N) is 2. The topological polar surface area (TPSA) is 29.9 Å². The molecule has 0 amide bonds. The molecule has 1 heterocycles. The smallest absolute Gasteiger partial charge is 0.130 e. The van der Waals surface area contributed by atoms with E-state index in [4.69, 9.17) is 0 Å². The Labute approximate surface area is 113 Å². The highest BCUT2D eigenvalue weighted by Gasteiger charge is 2.18. The zero-order chi connectivity index (χ0) is 13.8. The largest absolute Gasteiger partial charge is 0.334 e. The van der Waals surface area contributed by atoms with Crippen LogP contribution in [-0.4, -0.2) is 16.1 Å². The summed E-state index contributed by atoms with van der Waals surface area (Å²) in [5.74, 6) is 0.752. The van der Waals surface area contributed by atoms with Crippen LogP contribution in [0.25, 0.3) is 0 Å². The molecule has 0 aliphatic carbocycles. The van der Waals surface area contributed by atoms with Crippen LogP contribution in [0, 0.1) is 12.7 Å². The van der Waals surface area contributed by atoms with E-state index in [-0.39, 0.29) is 11.9 Å². The minimum Gasteiger partial charge on any atom is -0.334 e. The van der Waals surface area contributed by atoms with Gasteiger partial charge in [0.1, 0.15) is 11.6 Å². The first-order valence-electron chi connectivity index (χ1n) is 6.67. The number of rotatable bonds is 5. The lowest BCUT2D eigenvalue weighted by Gasteiger charge is -2.19. The van der Waals surface area contributed by atoms with Gasteiger partial charge in [-0.05, 0) is 37.6 Å². The summed E-state index contributed by atoms with van der Waals surface area (Å²) in [7, 11) is 0. The molecule has 3 nitrogen and oxygen atoms in total. The van der Waals surface area contributed by atoms with E-state index < -0.39 is 0 Å². The molecule has 0 saturated heterocycles. The van der Waals surface area contributed by atoms with Crippen molar-refractivity contribution >= 4 is 0 Å². The van der Waals surface area contributed by atoms with Gasteiger partial charge in [0.15, 0.2) is 0 Å². The molecule has 0 spiro atoms. The molecule has 2 rings (SSSR count). The van der Waals surface area contributed by atoms with E-state index in [2.05, 4.69) is 21.8 Å². The van der Waals surface area contributed by atoms with E-state index in [0.717, 1.165) is 24.5 Å². The van der Waals surface area contributed by atoms with E-state index in [0.29, 0.717) is 5.56 Å². The lowest BCUT2D eigenvalue weighted by Crippen LogP contribution is -2.25. The summed E-state index contributed by atoms with van der Waals surface area (Å²) in [4.78, 5) is 4.41. The van der Waals surface area contributed by atoms with Gasteiger partial charge in [-0.3, -0.25) is 0 Å². The van der Waals surface area contributed by atoms with Crippen molar-refractivity contribution in [2.45, 2.75) is 33.4 Å². The second kappa shape index (κ2) is 5.97. The molecule has 0 aliphatic heterocycles. The van der Waals surface area contributed by atoms with Crippen LogP contribution in [0.3, 0.4) is 0 Å². The van der Waals surface area contributed by atoms with Crippen LogP contribution >= 0.6 is 0 Å². The van der Waals surface area contributed by atoms with Crippen LogP contribution < -0.4 is 5.32 Å². The number of benzene rings is 1. The molecule has 0 fully saturated rings. The van der Waals surface area contributed by atoms with Crippen molar-refractivity contribution in [3.05, 3.63) is 53.4 Å². The van der Waals surface area contributed by atoms with Gasteiger partial charge < -0.3 is 9.88 Å². The highest BCUT2D eigenvalue weighted by Crippen LogP contribution is 2.22. The molecule has 1 N–H and O–H groups in total. The minimum atomic E-state index is -0.171. The SMILES string of the molecule is CCNC(c1ccc(C)c(F)c1)c1nccn1CC. The van der Waals surface area contributed by atoms with Crippen LogP contribution in [0.1, 0.15) is 36.8 Å². The first-order valence-corrected chi connectivity index (χ1v) is 6.67. The summed E-state index contributed by atoms with van der Waals surface area (Å²) >= 11 is 0. The summed E-state index contributed by atoms with van der Waals surface area (Å²) in [5, 5.41) is 3.37. The molecular weight excluding hydrogens is 241 g/mol. The van der Waals surface area contributed by atoms with Gasteiger partial charge in [0, 0.05) is 18.9 Å². The average molecular weight is 261 g/mol. The predicted octanol–water partition coefficient (Wildman–Crippen LogP) is 3.05. The van der Waals surface area contributed by atoms with Gasteiger partial charge in [0.25, 0.3) is 0 Å². The maximum atomic E-state index is 13.7. The molecule has 19 heavy (non-hydrogen) atoms. The van der Waals surface area contributed by atoms with Gasteiger partial charge in [0.2, 0.25) is 0 Å². The van der Waals surface area contributed by atoms with Crippen molar-refractivity contribution in [2.75, 3.05) is 6.54 Å². The van der Waals surface area contributed by atoms with E-state index in [9.17, 15) is 4.39 Å². The zero-order valence-electron chi connectivity index (χ0n) is 11.7. The standard InChI is InChI=1S/C15H20FN3/c1-4-17-14(15-18-8-9-19(15)5-2)12-7-6-11(3)13(16)10-12/h6-10,14,17H,4-5H2,1-3H3. The van der Waals surface area contributed by atoms with Crippen LogP contribution in [0.4, 0.5) is 4.39 Å². The Balaban J connectivity index is 2.42. The average Bonchev–Trinajstić information content (AvgIpc) is 2.87. The monoisotopic (exact) mass is 261 g/mol. The molecule has 0 saturated carbocycles. The summed E-state index contributed by atoms with van der Waals surface area (Å²) in [6, 6.07) is 5.29. The number of aryl methyl sites for hydroxylation is 2. The second-order valence-electron chi connectivity index (χ2n) is 4.57. The fourth-order valence-electron chi connectivity index (χ4n) is 2.20. The van der Waals surface area contributed by atoms with Gasteiger partial charge in [-0.2, -0.15) is 0 Å². The molecule has 1 atom stereocenters. The molecule has 0 radical (unpaired) electrons. The van der Waals surface area contributed by atoms with Gasteiger partial charge >= 0.3 is 0 Å². The highest BCUT2D eigenvalue weighted by atomic mass is 19.1. The van der Waals surface area contributed by atoms with Crippen LogP contribution in [0.2, 0.25) is 0 Å². The van der Waals surface area contributed by atoms with Gasteiger partial charge in [-0.15, -0.1) is 0 Å². The van der Waals surface area contributed by atoms with Crippen molar-refractivity contribution in [3.8, 4) is 0 Å². The fourth-order valence-corrected chi connectivity index (χ4v) is 2.20. The Morgan fingerprint density at radius 2 is 2.16 bits per heavy atom. The van der Waals surface area contributed by atoms with E-state index >= 15 is 0 Å². The van der Waals surface area contributed by atoms with E-state index in [1.807, 2.05) is 25.3 Å². The van der Waals surface area contributed by atoms with Gasteiger partial charge in [-0.1, -0.05) is 19.1 Å². The quantitative estimate of drug-likeness (QED) is 0.896. The van der Waals surface area contributed by atoms with Crippen LogP contribution in [-0.2, 0) is 6.54 Å². The predicted molar refractivity (Wildman–Crippen MR) is 74.6 cm³/mol. The van der Waals surface area contributed by atoms with Crippen LogP contribution in [0.15, 0.2) is 30.6 Å². The third kappa shape index (κ3) is 2.84. The van der Waals surface area contributed by atoms with Crippen molar-refractivity contribution in [2.24, 2.45) is 0 Å². The van der Waals surface area contributed by atoms with Crippen LogP contribution in [0.5, 0.6) is 0 Å². The first-order chi connectivity index (χ1) is 9.17. The maximum Gasteiger partial charge on any atom is 0.130 e. The van der Waals surface area contributed by atoms with Gasteiger partial charge in [0.05, 0.1) is 6.04 Å². The van der Waals surface area contributed by atoms with Crippen molar-refractivity contribution in [1.82, 2.24) is 14.9 Å². The van der Waals surface area contributed by atoms with E-state index in [1.54, 1.807) is 19.2 Å². The molecule has 2 aromatic rings. The Morgan fingerprint density at radius 1 is 1.37 bits per heavy atom. The molecule has 0 bridgehead atoms. The fraction of sp³-hybridized carbons (Fsp3) is 0.400. The van der Waals surface area contributed by atoms with Gasteiger partial charge in [-0.25, -0.2) is 9.37 Å². The number of halogens is 1. The van der Waals surface area contributed by atoms with Crippen molar-refractivity contribution < 1.29 is 4.39 Å². The molecular formula is C15H20FN3. The number of imidazole rings is 1. The van der Waals surface area contributed by atoms with Crippen molar-refractivity contribution in [3.63, 3.8) is 0 Å². The Morgan fingerprint density at radius 3 is 2.79 bits per heavy atom. The summed E-state index contributed by atoms with van der Waals surface area (Å²) in [5.41, 5.74) is 1.57. The molecule has 1 aromatic heterocycles. The minimum absolute atomic E-state index is 0.0740. The molecule has 4 heteroatoms. The Hall–Kier alpha value is -1.68. The zero-order valence-corrected chi connectivity index (χ0v) is 11.7. The Kier molecular flexibility index (Phi) is 4.32. The number of aromatic nitrogens is 2. The molecule has 102 valence electrons. The molecule has 0 aliphatic rings.